The van der Waals surface area contributed by atoms with Gasteiger partial charge >= 0.3 is 5.97 Å². The van der Waals surface area contributed by atoms with Crippen LogP contribution in [-0.4, -0.2) is 23.0 Å². The van der Waals surface area contributed by atoms with Crippen molar-refractivity contribution in [2.45, 2.75) is 13.1 Å². The van der Waals surface area contributed by atoms with Crippen molar-refractivity contribution >= 4 is 5.97 Å². The molecule has 2 rings (SSSR count). The van der Waals surface area contributed by atoms with Crippen LogP contribution in [-0.2, 0) is 13.1 Å². The van der Waals surface area contributed by atoms with Crippen LogP contribution in [0.5, 0.6) is 0 Å². The standard InChI is InChI=1S/C14H14FNO3/c1-16(9-11-3-2-6-19-11)8-10-4-5-13(15)12(7-10)14(17)18/h2-7H,8-9H2,1H3,(H,17,18). The number of benzene rings is 1. The summed E-state index contributed by atoms with van der Waals surface area (Å²) in [5, 5.41) is 8.86. The number of carboxylic acid groups (broad SMARTS) is 1. The Balaban J connectivity index is 2.06. The first kappa shape index (κ1) is 13.3. The van der Waals surface area contributed by atoms with E-state index in [2.05, 4.69) is 0 Å². The van der Waals surface area contributed by atoms with Gasteiger partial charge in [0.05, 0.1) is 18.4 Å². The van der Waals surface area contributed by atoms with Gasteiger partial charge in [-0.1, -0.05) is 6.07 Å². The van der Waals surface area contributed by atoms with Gasteiger partial charge in [-0.2, -0.15) is 0 Å². The van der Waals surface area contributed by atoms with Gasteiger partial charge in [-0.15, -0.1) is 0 Å². The van der Waals surface area contributed by atoms with Crippen LogP contribution < -0.4 is 0 Å². The molecular weight excluding hydrogens is 249 g/mol. The number of rotatable bonds is 5. The summed E-state index contributed by atoms with van der Waals surface area (Å²) in [6.45, 7) is 1.12. The highest BCUT2D eigenvalue weighted by atomic mass is 19.1. The van der Waals surface area contributed by atoms with Gasteiger partial charge in [0.2, 0.25) is 0 Å². The van der Waals surface area contributed by atoms with Crippen LogP contribution in [0.3, 0.4) is 0 Å². The molecule has 0 spiro atoms. The summed E-state index contributed by atoms with van der Waals surface area (Å²) in [5.74, 6) is -1.15. The normalized spacial score (nSPS) is 10.9. The maximum absolute atomic E-state index is 13.3. The van der Waals surface area contributed by atoms with Gasteiger partial charge in [0.1, 0.15) is 11.6 Å². The second kappa shape index (κ2) is 5.67. The molecule has 1 aromatic heterocycles. The fourth-order valence-electron chi connectivity index (χ4n) is 1.87. The molecule has 0 bridgehead atoms. The topological polar surface area (TPSA) is 53.7 Å². The lowest BCUT2D eigenvalue weighted by Gasteiger charge is -2.15. The molecule has 1 aromatic carbocycles. The van der Waals surface area contributed by atoms with E-state index in [1.54, 1.807) is 12.3 Å². The summed E-state index contributed by atoms with van der Waals surface area (Å²) in [7, 11) is 1.88. The van der Waals surface area contributed by atoms with E-state index in [0.717, 1.165) is 11.3 Å². The van der Waals surface area contributed by atoms with Crippen molar-refractivity contribution in [2.75, 3.05) is 7.05 Å². The summed E-state index contributed by atoms with van der Waals surface area (Å²) in [4.78, 5) is 12.8. The van der Waals surface area contributed by atoms with E-state index in [4.69, 9.17) is 9.52 Å². The summed E-state index contributed by atoms with van der Waals surface area (Å²) in [6.07, 6.45) is 1.60. The molecule has 1 heterocycles. The smallest absolute Gasteiger partial charge is 0.338 e. The fourth-order valence-corrected chi connectivity index (χ4v) is 1.87. The predicted octanol–water partition coefficient (Wildman–Crippen LogP) is 2.75. The molecule has 0 unspecified atom stereocenters. The molecule has 19 heavy (non-hydrogen) atoms. The molecule has 100 valence electrons. The van der Waals surface area contributed by atoms with Gasteiger partial charge in [-0.05, 0) is 36.9 Å². The molecule has 4 nitrogen and oxygen atoms in total. The Morgan fingerprint density at radius 1 is 1.37 bits per heavy atom. The maximum atomic E-state index is 13.3. The number of hydrogen-bond acceptors (Lipinski definition) is 3. The second-order valence-corrected chi connectivity index (χ2v) is 4.37. The van der Waals surface area contributed by atoms with Gasteiger partial charge in [-0.25, -0.2) is 9.18 Å². The van der Waals surface area contributed by atoms with E-state index < -0.39 is 11.8 Å². The van der Waals surface area contributed by atoms with Crippen LogP contribution in [0.25, 0.3) is 0 Å². The highest BCUT2D eigenvalue weighted by Gasteiger charge is 2.12. The molecule has 0 aliphatic carbocycles. The number of hydrogen-bond donors (Lipinski definition) is 1. The van der Waals surface area contributed by atoms with Crippen molar-refractivity contribution in [3.63, 3.8) is 0 Å². The largest absolute Gasteiger partial charge is 0.478 e. The first-order valence-electron chi connectivity index (χ1n) is 5.79. The van der Waals surface area contributed by atoms with Gasteiger partial charge in [0.25, 0.3) is 0 Å². The van der Waals surface area contributed by atoms with Gasteiger partial charge in [0, 0.05) is 6.54 Å². The zero-order valence-electron chi connectivity index (χ0n) is 10.5. The van der Waals surface area contributed by atoms with E-state index in [1.165, 1.54) is 12.1 Å². The minimum atomic E-state index is -1.26. The first-order valence-corrected chi connectivity index (χ1v) is 5.79. The lowest BCUT2D eigenvalue weighted by atomic mass is 10.1. The second-order valence-electron chi connectivity index (χ2n) is 4.37. The highest BCUT2D eigenvalue weighted by Crippen LogP contribution is 2.13. The van der Waals surface area contributed by atoms with E-state index in [-0.39, 0.29) is 5.56 Å². The molecule has 2 aromatic rings. The van der Waals surface area contributed by atoms with Crippen LogP contribution >= 0.6 is 0 Å². The van der Waals surface area contributed by atoms with E-state index in [1.807, 2.05) is 24.1 Å². The van der Waals surface area contributed by atoms with Crippen molar-refractivity contribution in [1.82, 2.24) is 4.90 Å². The Labute approximate surface area is 110 Å². The molecular formula is C14H14FNO3. The Hall–Kier alpha value is -2.14. The average molecular weight is 263 g/mol. The van der Waals surface area contributed by atoms with Crippen LogP contribution in [0, 0.1) is 5.82 Å². The van der Waals surface area contributed by atoms with Crippen LogP contribution in [0.2, 0.25) is 0 Å². The zero-order chi connectivity index (χ0) is 13.8. The van der Waals surface area contributed by atoms with E-state index >= 15 is 0 Å². The van der Waals surface area contributed by atoms with Crippen molar-refractivity contribution in [3.05, 3.63) is 59.3 Å². The lowest BCUT2D eigenvalue weighted by molar-refractivity contribution is 0.0691. The Morgan fingerprint density at radius 2 is 2.16 bits per heavy atom. The number of aromatic carboxylic acids is 1. The quantitative estimate of drug-likeness (QED) is 0.901. The Morgan fingerprint density at radius 3 is 2.79 bits per heavy atom. The van der Waals surface area contributed by atoms with Crippen molar-refractivity contribution in [2.24, 2.45) is 0 Å². The van der Waals surface area contributed by atoms with Gasteiger partial charge < -0.3 is 9.52 Å². The Kier molecular flexibility index (Phi) is 3.97. The molecule has 5 heteroatoms. The third kappa shape index (κ3) is 3.42. The van der Waals surface area contributed by atoms with Crippen molar-refractivity contribution in [3.8, 4) is 0 Å². The third-order valence-electron chi connectivity index (χ3n) is 2.72. The summed E-state index contributed by atoms with van der Waals surface area (Å²) in [5.41, 5.74) is 0.441. The number of carbonyl (C=O) groups is 1. The molecule has 0 radical (unpaired) electrons. The molecule has 0 saturated carbocycles. The first-order chi connectivity index (χ1) is 9.06. The van der Waals surface area contributed by atoms with Crippen LogP contribution in [0.1, 0.15) is 21.7 Å². The molecule has 0 amide bonds. The van der Waals surface area contributed by atoms with E-state index in [0.29, 0.717) is 13.1 Å². The molecule has 0 saturated heterocycles. The SMILES string of the molecule is CN(Cc1ccc(F)c(C(=O)O)c1)Cc1ccco1. The number of halogens is 1. The molecule has 0 atom stereocenters. The summed E-state index contributed by atoms with van der Waals surface area (Å²) < 4.78 is 18.5. The number of carboxylic acids is 1. The minimum absolute atomic E-state index is 0.302. The Bertz CT molecular complexity index is 566. The molecule has 0 aliphatic heterocycles. The summed E-state index contributed by atoms with van der Waals surface area (Å²) >= 11 is 0. The zero-order valence-corrected chi connectivity index (χ0v) is 10.5. The van der Waals surface area contributed by atoms with Crippen molar-refractivity contribution in [1.29, 1.82) is 0 Å². The molecule has 0 fully saturated rings. The highest BCUT2D eigenvalue weighted by molar-refractivity contribution is 5.88. The average Bonchev–Trinajstić information content (AvgIpc) is 2.84. The molecule has 1 N–H and O–H groups in total. The lowest BCUT2D eigenvalue weighted by Crippen LogP contribution is -2.17. The van der Waals surface area contributed by atoms with Crippen LogP contribution in [0.4, 0.5) is 4.39 Å². The van der Waals surface area contributed by atoms with E-state index in [9.17, 15) is 9.18 Å². The predicted molar refractivity (Wildman–Crippen MR) is 67.2 cm³/mol. The number of furan rings is 1. The maximum Gasteiger partial charge on any atom is 0.338 e. The molecule has 0 aliphatic rings. The minimum Gasteiger partial charge on any atom is -0.478 e. The fraction of sp³-hybridized carbons (Fsp3) is 0.214. The van der Waals surface area contributed by atoms with Gasteiger partial charge in [0.15, 0.2) is 0 Å². The third-order valence-corrected chi connectivity index (χ3v) is 2.72. The van der Waals surface area contributed by atoms with Crippen molar-refractivity contribution < 1.29 is 18.7 Å². The van der Waals surface area contributed by atoms with Crippen LogP contribution in [0.15, 0.2) is 41.0 Å². The monoisotopic (exact) mass is 263 g/mol. The summed E-state index contributed by atoms with van der Waals surface area (Å²) in [6, 6.07) is 7.80. The van der Waals surface area contributed by atoms with Gasteiger partial charge in [-0.3, -0.25) is 4.90 Å². The number of nitrogens with zero attached hydrogens (tertiary/aromatic N) is 1.